The number of phenols is 1. The van der Waals surface area contributed by atoms with Gasteiger partial charge in [-0.25, -0.2) is 5.43 Å². The van der Waals surface area contributed by atoms with Gasteiger partial charge in [-0.1, -0.05) is 36.4 Å². The molecule has 0 spiro atoms. The lowest BCUT2D eigenvalue weighted by molar-refractivity contribution is 0.0954. The predicted molar refractivity (Wildman–Crippen MR) is 113 cm³/mol. The van der Waals surface area contributed by atoms with Crippen LogP contribution in [0.1, 0.15) is 21.5 Å². The summed E-state index contributed by atoms with van der Waals surface area (Å²) < 4.78 is 16.8. The van der Waals surface area contributed by atoms with Crippen LogP contribution in [-0.4, -0.2) is 31.4 Å². The molecule has 3 rings (SSSR count). The highest BCUT2D eigenvalue weighted by Crippen LogP contribution is 2.38. The van der Waals surface area contributed by atoms with E-state index in [1.165, 1.54) is 32.6 Å². The Hall–Kier alpha value is -4.00. The van der Waals surface area contributed by atoms with Gasteiger partial charge in [0, 0.05) is 11.1 Å². The maximum Gasteiger partial charge on any atom is 0.271 e. The van der Waals surface area contributed by atoms with Crippen molar-refractivity contribution in [3.05, 3.63) is 83.4 Å². The molecule has 0 saturated carbocycles. The van der Waals surface area contributed by atoms with Crippen molar-refractivity contribution in [2.75, 3.05) is 14.2 Å². The highest BCUT2D eigenvalue weighted by Gasteiger charge is 2.14. The fourth-order valence-electron chi connectivity index (χ4n) is 2.72. The highest BCUT2D eigenvalue weighted by molar-refractivity contribution is 5.95. The Bertz CT molecular complexity index is 1010. The molecule has 2 N–H and O–H groups in total. The van der Waals surface area contributed by atoms with E-state index in [0.717, 1.165) is 5.56 Å². The van der Waals surface area contributed by atoms with Crippen LogP contribution in [0.4, 0.5) is 0 Å². The van der Waals surface area contributed by atoms with Gasteiger partial charge in [-0.15, -0.1) is 0 Å². The molecule has 0 aliphatic heterocycles. The zero-order valence-corrected chi connectivity index (χ0v) is 16.7. The van der Waals surface area contributed by atoms with E-state index in [4.69, 9.17) is 14.2 Å². The van der Waals surface area contributed by atoms with Gasteiger partial charge >= 0.3 is 0 Å². The summed E-state index contributed by atoms with van der Waals surface area (Å²) in [4.78, 5) is 12.1. The molecule has 0 radical (unpaired) electrons. The molecule has 0 aromatic heterocycles. The third-order valence-electron chi connectivity index (χ3n) is 4.20. The van der Waals surface area contributed by atoms with Crippen LogP contribution >= 0.6 is 0 Å². The summed E-state index contributed by atoms with van der Waals surface area (Å²) >= 11 is 0. The number of methoxy groups -OCH3 is 2. The Balaban J connectivity index is 1.74. The first kappa shape index (κ1) is 20.7. The van der Waals surface area contributed by atoms with E-state index in [1.54, 1.807) is 24.3 Å². The van der Waals surface area contributed by atoms with Crippen molar-refractivity contribution in [3.63, 3.8) is 0 Å². The van der Waals surface area contributed by atoms with E-state index in [2.05, 4.69) is 10.5 Å². The standard InChI is InChI=1S/C23H22N2O5/c1-28-20-11-17(14-24-25-23(27)18-9-6-10-19(26)13-18)12-21(29-2)22(20)30-15-16-7-4-3-5-8-16/h3-14,26H,15H2,1-2H3,(H,25,27)/b24-14-. The Morgan fingerprint density at radius 3 is 2.33 bits per heavy atom. The van der Waals surface area contributed by atoms with E-state index >= 15 is 0 Å². The van der Waals surface area contributed by atoms with E-state index in [0.29, 0.717) is 35.0 Å². The fraction of sp³-hybridized carbons (Fsp3) is 0.130. The first-order chi connectivity index (χ1) is 14.6. The molecule has 154 valence electrons. The van der Waals surface area contributed by atoms with E-state index in [1.807, 2.05) is 30.3 Å². The lowest BCUT2D eigenvalue weighted by Gasteiger charge is -2.15. The lowest BCUT2D eigenvalue weighted by Crippen LogP contribution is -2.17. The number of ether oxygens (including phenoxy) is 3. The molecule has 0 aliphatic carbocycles. The van der Waals surface area contributed by atoms with Crippen molar-refractivity contribution in [2.45, 2.75) is 6.61 Å². The number of hydrazone groups is 1. The summed E-state index contributed by atoms with van der Waals surface area (Å²) in [5.74, 6) is 0.998. The van der Waals surface area contributed by atoms with Crippen molar-refractivity contribution >= 4 is 12.1 Å². The molecule has 1 amide bonds. The number of hydrogen-bond acceptors (Lipinski definition) is 6. The van der Waals surface area contributed by atoms with E-state index in [-0.39, 0.29) is 5.75 Å². The Kier molecular flexibility index (Phi) is 6.89. The monoisotopic (exact) mass is 406 g/mol. The Morgan fingerprint density at radius 1 is 1.00 bits per heavy atom. The van der Waals surface area contributed by atoms with Gasteiger partial charge in [-0.3, -0.25) is 4.79 Å². The lowest BCUT2D eigenvalue weighted by atomic mass is 10.2. The smallest absolute Gasteiger partial charge is 0.271 e. The predicted octanol–water partition coefficient (Wildman–Crippen LogP) is 3.75. The number of carbonyl (C=O) groups is 1. The van der Waals surface area contributed by atoms with Crippen LogP contribution in [0.5, 0.6) is 23.0 Å². The van der Waals surface area contributed by atoms with Crippen LogP contribution in [-0.2, 0) is 6.61 Å². The second-order valence-corrected chi connectivity index (χ2v) is 6.28. The number of carbonyl (C=O) groups excluding carboxylic acids is 1. The number of phenolic OH excluding ortho intramolecular Hbond substituents is 1. The first-order valence-corrected chi connectivity index (χ1v) is 9.16. The van der Waals surface area contributed by atoms with Crippen LogP contribution in [0.2, 0.25) is 0 Å². The number of nitrogens with one attached hydrogen (secondary N) is 1. The zero-order valence-electron chi connectivity index (χ0n) is 16.7. The van der Waals surface area contributed by atoms with Crippen LogP contribution < -0.4 is 19.6 Å². The molecule has 0 bridgehead atoms. The molecular weight excluding hydrogens is 384 g/mol. The maximum absolute atomic E-state index is 12.1. The van der Waals surface area contributed by atoms with E-state index < -0.39 is 5.91 Å². The Morgan fingerprint density at radius 2 is 1.70 bits per heavy atom. The minimum Gasteiger partial charge on any atom is -0.508 e. The minimum absolute atomic E-state index is 0.00666. The van der Waals surface area contributed by atoms with Crippen molar-refractivity contribution in [1.82, 2.24) is 5.43 Å². The van der Waals surface area contributed by atoms with Gasteiger partial charge in [0.05, 0.1) is 20.4 Å². The number of nitrogens with zero attached hydrogens (tertiary/aromatic N) is 1. The summed E-state index contributed by atoms with van der Waals surface area (Å²) in [5.41, 5.74) is 4.38. The van der Waals surface area contributed by atoms with Gasteiger partial charge in [-0.2, -0.15) is 5.10 Å². The molecule has 7 nitrogen and oxygen atoms in total. The number of benzene rings is 3. The van der Waals surface area contributed by atoms with Crippen LogP contribution in [0, 0.1) is 0 Å². The second kappa shape index (κ2) is 9.97. The average Bonchev–Trinajstić information content (AvgIpc) is 2.78. The molecule has 7 heteroatoms. The van der Waals surface area contributed by atoms with Crippen LogP contribution in [0.25, 0.3) is 0 Å². The molecular formula is C23H22N2O5. The number of rotatable bonds is 8. The fourth-order valence-corrected chi connectivity index (χ4v) is 2.72. The minimum atomic E-state index is -0.441. The van der Waals surface area contributed by atoms with Gasteiger partial charge in [0.1, 0.15) is 12.4 Å². The second-order valence-electron chi connectivity index (χ2n) is 6.28. The summed E-state index contributed by atoms with van der Waals surface area (Å²) in [6, 6.07) is 19.2. The van der Waals surface area contributed by atoms with Crippen LogP contribution in [0.3, 0.4) is 0 Å². The molecule has 0 heterocycles. The summed E-state index contributed by atoms with van der Waals surface area (Å²) in [6.45, 7) is 0.362. The number of aromatic hydroxyl groups is 1. The molecule has 3 aromatic carbocycles. The molecule has 30 heavy (non-hydrogen) atoms. The SMILES string of the molecule is COc1cc(/C=N\NC(=O)c2cccc(O)c2)cc(OC)c1OCc1ccccc1. The number of amides is 1. The van der Waals surface area contributed by atoms with E-state index in [9.17, 15) is 9.90 Å². The summed E-state index contributed by atoms with van der Waals surface area (Å²) in [6.07, 6.45) is 1.46. The van der Waals surface area contributed by atoms with Gasteiger partial charge < -0.3 is 19.3 Å². The summed E-state index contributed by atoms with van der Waals surface area (Å²) in [7, 11) is 3.07. The average molecular weight is 406 g/mol. The van der Waals surface area contributed by atoms with Crippen molar-refractivity contribution in [2.24, 2.45) is 5.10 Å². The molecule has 0 atom stereocenters. The molecule has 0 unspecified atom stereocenters. The van der Waals surface area contributed by atoms with Gasteiger partial charge in [0.15, 0.2) is 11.5 Å². The van der Waals surface area contributed by atoms with Gasteiger partial charge in [0.25, 0.3) is 5.91 Å². The van der Waals surface area contributed by atoms with Crippen molar-refractivity contribution in [1.29, 1.82) is 0 Å². The third-order valence-corrected chi connectivity index (χ3v) is 4.20. The molecule has 0 saturated heterocycles. The quantitative estimate of drug-likeness (QED) is 0.439. The summed E-state index contributed by atoms with van der Waals surface area (Å²) in [5, 5.41) is 13.4. The topological polar surface area (TPSA) is 89.4 Å². The molecule has 0 aliphatic rings. The van der Waals surface area contributed by atoms with Crippen molar-refractivity contribution < 1.29 is 24.1 Å². The highest BCUT2D eigenvalue weighted by atomic mass is 16.5. The van der Waals surface area contributed by atoms with Gasteiger partial charge in [-0.05, 0) is 35.9 Å². The number of hydrogen-bond donors (Lipinski definition) is 2. The largest absolute Gasteiger partial charge is 0.508 e. The Labute approximate surface area is 174 Å². The molecule has 0 fully saturated rings. The third kappa shape index (κ3) is 5.29. The maximum atomic E-state index is 12.1. The first-order valence-electron chi connectivity index (χ1n) is 9.16. The van der Waals surface area contributed by atoms with Gasteiger partial charge in [0.2, 0.25) is 5.75 Å². The normalized spacial score (nSPS) is 10.6. The van der Waals surface area contributed by atoms with Crippen molar-refractivity contribution in [3.8, 4) is 23.0 Å². The molecule has 3 aromatic rings. The zero-order chi connectivity index (χ0) is 21.3. The van der Waals surface area contributed by atoms with Crippen LogP contribution in [0.15, 0.2) is 71.8 Å².